The van der Waals surface area contributed by atoms with Gasteiger partial charge in [-0.1, -0.05) is 45.4 Å². The highest BCUT2D eigenvalue weighted by Gasteiger charge is 2.67. The number of ketones is 1. The average molecular weight is 399 g/mol. The molecule has 0 aromatic heterocycles. The van der Waals surface area contributed by atoms with Crippen molar-refractivity contribution in [3.05, 3.63) is 11.6 Å². The highest BCUT2D eigenvalue weighted by molar-refractivity contribution is 6.25. The third-order valence-electron chi connectivity index (χ3n) is 8.63. The minimum Gasteiger partial charge on any atom is -0.392 e. The second kappa shape index (κ2) is 7.44. The molecule has 0 aromatic carbocycles. The number of ether oxygens (including phenoxy) is 2. The van der Waals surface area contributed by atoms with Crippen molar-refractivity contribution in [2.75, 3.05) is 13.9 Å². The van der Waals surface area contributed by atoms with Gasteiger partial charge in [-0.2, -0.15) is 0 Å². The van der Waals surface area contributed by atoms with E-state index in [1.807, 2.05) is 6.08 Å². The van der Waals surface area contributed by atoms with Gasteiger partial charge >= 0.3 is 0 Å². The number of aliphatic hydroxyl groups excluding tert-OH is 1. The number of hydrogen-bond donors (Lipinski definition) is 1. The Morgan fingerprint density at radius 3 is 2.63 bits per heavy atom. The summed E-state index contributed by atoms with van der Waals surface area (Å²) in [5, 5.41) is 11.5. The smallest absolute Gasteiger partial charge is 0.146 e. The maximum absolute atomic E-state index is 13.1. The predicted octanol–water partition coefficient (Wildman–Crippen LogP) is 4.54. The Morgan fingerprint density at radius 2 is 2.00 bits per heavy atom. The minimum absolute atomic E-state index is 0.100. The first-order valence-electron chi connectivity index (χ1n) is 10.3. The summed E-state index contributed by atoms with van der Waals surface area (Å²) in [5.41, 5.74) is 0.578. The first-order valence-corrected chi connectivity index (χ1v) is 10.7. The monoisotopic (exact) mass is 398 g/mol. The molecule has 27 heavy (non-hydrogen) atoms. The number of rotatable bonds is 4. The molecule has 0 radical (unpaired) electrons. The molecule has 3 saturated carbocycles. The number of methoxy groups -OCH3 is 1. The van der Waals surface area contributed by atoms with Crippen molar-refractivity contribution in [1.82, 2.24) is 0 Å². The maximum Gasteiger partial charge on any atom is 0.146 e. The molecular weight excluding hydrogens is 364 g/mol. The van der Waals surface area contributed by atoms with Crippen LogP contribution in [0.5, 0.6) is 0 Å². The van der Waals surface area contributed by atoms with E-state index < -0.39 is 16.9 Å². The van der Waals surface area contributed by atoms with Crippen molar-refractivity contribution in [2.45, 2.75) is 72.0 Å². The molecule has 3 aliphatic carbocycles. The fourth-order valence-corrected chi connectivity index (χ4v) is 7.22. The molecule has 154 valence electrons. The number of halogens is 1. The molecule has 0 spiro atoms. The number of carbonyl (C=O) groups excluding carboxylic acids is 1. The van der Waals surface area contributed by atoms with E-state index in [0.717, 1.165) is 19.3 Å². The Kier molecular flexibility index (Phi) is 5.87. The van der Waals surface area contributed by atoms with E-state index in [2.05, 4.69) is 27.7 Å². The van der Waals surface area contributed by atoms with Gasteiger partial charge in [0.05, 0.1) is 12.2 Å². The van der Waals surface area contributed by atoms with Gasteiger partial charge in [-0.05, 0) is 42.9 Å². The highest BCUT2D eigenvalue weighted by Crippen LogP contribution is 2.67. The molecule has 2 unspecified atom stereocenters. The summed E-state index contributed by atoms with van der Waals surface area (Å²) in [4.78, 5) is 13.1. The maximum atomic E-state index is 13.1. The molecule has 8 atom stereocenters. The fourth-order valence-electron chi connectivity index (χ4n) is 6.93. The van der Waals surface area contributed by atoms with Gasteiger partial charge in [-0.15, -0.1) is 0 Å². The molecule has 3 fully saturated rings. The van der Waals surface area contributed by atoms with Gasteiger partial charge in [0.1, 0.15) is 12.6 Å². The van der Waals surface area contributed by atoms with Crippen molar-refractivity contribution in [1.29, 1.82) is 0 Å². The minimum atomic E-state index is -0.585. The summed E-state index contributed by atoms with van der Waals surface area (Å²) >= 11 is 6.03. The summed E-state index contributed by atoms with van der Waals surface area (Å²) in [6.07, 6.45) is 5.29. The average Bonchev–Trinajstić information content (AvgIpc) is 2.96. The van der Waals surface area contributed by atoms with Crippen LogP contribution in [-0.2, 0) is 14.3 Å². The molecule has 4 nitrogen and oxygen atoms in total. The summed E-state index contributed by atoms with van der Waals surface area (Å²) in [7, 11) is 1.62. The molecule has 0 amide bonds. The second-order valence-electron chi connectivity index (χ2n) is 9.74. The van der Waals surface area contributed by atoms with Gasteiger partial charge in [-0.3, -0.25) is 4.79 Å². The third-order valence-corrected chi connectivity index (χ3v) is 8.76. The lowest BCUT2D eigenvalue weighted by molar-refractivity contribution is -0.214. The Hall–Kier alpha value is -0.420. The molecule has 0 aliphatic heterocycles. The molecule has 0 heterocycles. The van der Waals surface area contributed by atoms with E-state index >= 15 is 0 Å². The van der Waals surface area contributed by atoms with Crippen LogP contribution in [-0.4, -0.2) is 37.0 Å². The van der Waals surface area contributed by atoms with Crippen LogP contribution in [0.1, 0.15) is 59.8 Å². The van der Waals surface area contributed by atoms with E-state index in [1.54, 1.807) is 12.6 Å². The summed E-state index contributed by atoms with van der Waals surface area (Å²) in [5.74, 6) is 0.704. The number of carbonyl (C=O) groups is 1. The van der Waals surface area contributed by atoms with Gasteiger partial charge in [0.15, 0.2) is 0 Å². The van der Waals surface area contributed by atoms with Gasteiger partial charge < -0.3 is 14.6 Å². The van der Waals surface area contributed by atoms with Gasteiger partial charge in [-0.25, -0.2) is 0 Å². The van der Waals surface area contributed by atoms with Gasteiger partial charge in [0.2, 0.25) is 0 Å². The zero-order valence-electron chi connectivity index (χ0n) is 17.3. The van der Waals surface area contributed by atoms with Crippen LogP contribution in [0, 0.1) is 34.0 Å². The van der Waals surface area contributed by atoms with Crippen molar-refractivity contribution in [3.8, 4) is 0 Å². The Bertz CT molecular complexity index is 607. The normalized spacial score (nSPS) is 50.5. The Morgan fingerprint density at radius 1 is 1.30 bits per heavy atom. The lowest BCUT2D eigenvalue weighted by Gasteiger charge is -2.62. The molecule has 2 bridgehead atoms. The van der Waals surface area contributed by atoms with Crippen LogP contribution in [0.25, 0.3) is 0 Å². The van der Waals surface area contributed by atoms with Crippen molar-refractivity contribution in [3.63, 3.8) is 0 Å². The highest BCUT2D eigenvalue weighted by atomic mass is 35.5. The van der Waals surface area contributed by atoms with Crippen LogP contribution >= 0.6 is 11.6 Å². The standard InChI is InChI=1S/C22H35ClO4/c1-14-6-8-22-9-7-16(24)18(22)21(14,4)17(25)12-20(3,10-11-23)19(15(22)2)27-13-26-5/h10-11,14-15,17-19,25H,6-9,12-13H2,1-5H3/b11-10+/t14-,15+,17-,18?,19+,20-,21+,22?/m1/s1. The van der Waals surface area contributed by atoms with Gasteiger partial charge in [0, 0.05) is 35.8 Å². The van der Waals surface area contributed by atoms with Crippen LogP contribution in [0.15, 0.2) is 11.6 Å². The SMILES string of the molecule is COCO[C@H]1[C@H](C)C23CCC(=O)C2[C@@](C)([C@H](C)CC3)[C@H](O)C[C@@]1(C)/C=C/Cl. The number of Topliss-reactive ketones (excluding diaryl/α,β-unsaturated/α-hetero) is 1. The zero-order chi connectivity index (χ0) is 20.0. The molecule has 3 aliphatic rings. The second-order valence-corrected chi connectivity index (χ2v) is 9.99. The topological polar surface area (TPSA) is 55.8 Å². The molecule has 0 aromatic rings. The third kappa shape index (κ3) is 3.02. The largest absolute Gasteiger partial charge is 0.392 e. The first-order chi connectivity index (χ1) is 12.7. The van der Waals surface area contributed by atoms with Crippen LogP contribution in [0.3, 0.4) is 0 Å². The molecule has 0 saturated heterocycles. The van der Waals surface area contributed by atoms with E-state index in [1.165, 1.54) is 0 Å². The van der Waals surface area contributed by atoms with Crippen molar-refractivity contribution < 1.29 is 19.4 Å². The molecule has 1 N–H and O–H groups in total. The quantitative estimate of drug-likeness (QED) is 0.706. The van der Waals surface area contributed by atoms with E-state index in [9.17, 15) is 9.90 Å². The van der Waals surface area contributed by atoms with E-state index in [4.69, 9.17) is 21.1 Å². The summed E-state index contributed by atoms with van der Waals surface area (Å²) < 4.78 is 11.5. The number of aliphatic hydroxyl groups is 1. The van der Waals surface area contributed by atoms with E-state index in [0.29, 0.717) is 24.5 Å². The van der Waals surface area contributed by atoms with Crippen LogP contribution in [0.4, 0.5) is 0 Å². The van der Waals surface area contributed by atoms with Gasteiger partial charge in [0.25, 0.3) is 0 Å². The van der Waals surface area contributed by atoms with Crippen molar-refractivity contribution >= 4 is 17.4 Å². The first kappa shape index (κ1) is 21.3. The molecular formula is C22H35ClO4. The summed E-state index contributed by atoms with van der Waals surface area (Å²) in [6, 6.07) is 0. The zero-order valence-corrected chi connectivity index (χ0v) is 18.1. The molecule has 5 heteroatoms. The predicted molar refractivity (Wildman–Crippen MR) is 106 cm³/mol. The summed E-state index contributed by atoms with van der Waals surface area (Å²) in [6.45, 7) is 8.90. The van der Waals surface area contributed by atoms with E-state index in [-0.39, 0.29) is 30.1 Å². The van der Waals surface area contributed by atoms with Crippen LogP contribution < -0.4 is 0 Å². The lowest BCUT2D eigenvalue weighted by atomic mass is 9.44. The Labute approximate surface area is 168 Å². The fraction of sp³-hybridized carbons (Fsp3) is 0.864. The lowest BCUT2D eigenvalue weighted by Crippen LogP contribution is -2.62. The van der Waals surface area contributed by atoms with Crippen LogP contribution in [0.2, 0.25) is 0 Å². The molecule has 3 rings (SSSR count). The Balaban J connectivity index is 2.17. The van der Waals surface area contributed by atoms with Crippen molar-refractivity contribution in [2.24, 2.45) is 34.0 Å². The number of hydrogen-bond acceptors (Lipinski definition) is 4.